The van der Waals surface area contributed by atoms with Crippen LogP contribution in [0.3, 0.4) is 0 Å². The Hall–Kier alpha value is -3.96. The third-order valence-electron chi connectivity index (χ3n) is 6.38. The van der Waals surface area contributed by atoms with Gasteiger partial charge in [0.1, 0.15) is 11.6 Å². The number of benzene rings is 3. The molecule has 0 radical (unpaired) electrons. The van der Waals surface area contributed by atoms with Crippen LogP contribution in [0.2, 0.25) is 0 Å². The molecule has 3 aromatic carbocycles. The number of amides is 3. The first-order valence-corrected chi connectivity index (χ1v) is 12.8. The average molecular weight is 653 g/mol. The quantitative estimate of drug-likeness (QED) is 0.214. The van der Waals surface area contributed by atoms with Crippen LogP contribution in [-0.2, 0) is 11.2 Å². The molecule has 1 aliphatic rings. The van der Waals surface area contributed by atoms with E-state index in [1.165, 1.54) is 36.4 Å². The third-order valence-corrected chi connectivity index (χ3v) is 6.38. The predicted octanol–water partition coefficient (Wildman–Crippen LogP) is 6.38. The zero-order valence-corrected chi connectivity index (χ0v) is 25.2. The Morgan fingerprint density at radius 1 is 0.884 bits per heavy atom. The van der Waals surface area contributed by atoms with E-state index < -0.39 is 23.6 Å². The van der Waals surface area contributed by atoms with Gasteiger partial charge in [0.2, 0.25) is 5.91 Å². The lowest BCUT2D eigenvalue weighted by Gasteiger charge is -2.29. The second-order valence-electron chi connectivity index (χ2n) is 9.21. The summed E-state index contributed by atoms with van der Waals surface area (Å²) in [4.78, 5) is 30.8. The molecule has 2 heterocycles. The number of urea groups is 1. The smallest absolute Gasteiger partial charge is 0.325 e. The lowest BCUT2D eigenvalue weighted by Crippen LogP contribution is -2.43. The number of carbonyl (C=O) groups is 2. The summed E-state index contributed by atoms with van der Waals surface area (Å²) in [6, 6.07) is 18.2. The van der Waals surface area contributed by atoms with Gasteiger partial charge in [-0.3, -0.25) is 15.1 Å². The Balaban J connectivity index is 0.00000215. The fourth-order valence-electron chi connectivity index (χ4n) is 4.36. The van der Waals surface area contributed by atoms with Crippen LogP contribution in [0.5, 0.6) is 11.5 Å². The summed E-state index contributed by atoms with van der Waals surface area (Å²) in [6.07, 6.45) is 3.12. The largest absolute Gasteiger partial charge is 0.454 e. The van der Waals surface area contributed by atoms with Gasteiger partial charge in [-0.1, -0.05) is 24.3 Å². The number of imide groups is 1. The summed E-state index contributed by atoms with van der Waals surface area (Å²) in [6.45, 7) is 3.78. The molecule has 13 heteroatoms. The van der Waals surface area contributed by atoms with Crippen molar-refractivity contribution in [3.05, 3.63) is 102 Å². The maximum Gasteiger partial charge on any atom is 0.325 e. The summed E-state index contributed by atoms with van der Waals surface area (Å²) in [5, 5.41) is 7.93. The van der Waals surface area contributed by atoms with Gasteiger partial charge in [0.15, 0.2) is 11.6 Å². The molecule has 1 fully saturated rings. The number of nitrogens with one attached hydrogen (secondary N) is 3. The van der Waals surface area contributed by atoms with Gasteiger partial charge in [0, 0.05) is 61.6 Å². The zero-order valence-electron chi connectivity index (χ0n) is 22.7. The van der Waals surface area contributed by atoms with Crippen LogP contribution in [0.1, 0.15) is 5.56 Å². The Kier molecular flexibility index (Phi) is 13.6. The molecule has 4 aromatic rings. The van der Waals surface area contributed by atoms with E-state index in [9.17, 15) is 18.4 Å². The highest BCUT2D eigenvalue weighted by Gasteiger charge is 2.15. The van der Waals surface area contributed by atoms with Crippen molar-refractivity contribution in [2.24, 2.45) is 0 Å². The van der Waals surface area contributed by atoms with Crippen molar-refractivity contribution >= 4 is 60.5 Å². The molecule has 1 aliphatic heterocycles. The van der Waals surface area contributed by atoms with Gasteiger partial charge in [-0.15, -0.1) is 37.2 Å². The molecule has 5 rings (SSSR count). The third kappa shape index (κ3) is 9.52. The van der Waals surface area contributed by atoms with Gasteiger partial charge in [-0.2, -0.15) is 0 Å². The zero-order chi connectivity index (χ0) is 27.9. The molecule has 43 heavy (non-hydrogen) atoms. The highest BCUT2D eigenvalue weighted by atomic mass is 35.5. The topological polar surface area (TPSA) is 95.6 Å². The molecular formula is C30H30Cl3F2N5O3. The van der Waals surface area contributed by atoms with Crippen molar-refractivity contribution in [3.8, 4) is 22.6 Å². The van der Waals surface area contributed by atoms with Gasteiger partial charge < -0.3 is 20.3 Å². The minimum atomic E-state index is -0.819. The van der Waals surface area contributed by atoms with Crippen LogP contribution in [0, 0.1) is 11.6 Å². The number of aromatic nitrogens is 1. The lowest BCUT2D eigenvalue weighted by molar-refractivity contribution is -0.119. The molecule has 0 atom stereocenters. The van der Waals surface area contributed by atoms with Gasteiger partial charge >= 0.3 is 6.03 Å². The van der Waals surface area contributed by atoms with Crippen LogP contribution >= 0.6 is 37.2 Å². The number of ether oxygens (including phenoxy) is 1. The number of piperazine rings is 1. The molecule has 8 nitrogen and oxygen atoms in total. The Morgan fingerprint density at radius 2 is 1.58 bits per heavy atom. The van der Waals surface area contributed by atoms with E-state index >= 15 is 0 Å². The number of halogens is 5. The maximum atomic E-state index is 14.9. The normalized spacial score (nSPS) is 12.1. The van der Waals surface area contributed by atoms with Crippen molar-refractivity contribution in [2.75, 3.05) is 36.4 Å². The minimum Gasteiger partial charge on any atom is -0.454 e. The lowest BCUT2D eigenvalue weighted by atomic mass is 10.1. The molecule has 1 saturated heterocycles. The van der Waals surface area contributed by atoms with Gasteiger partial charge in [-0.05, 0) is 53.6 Å². The highest BCUT2D eigenvalue weighted by Crippen LogP contribution is 2.35. The summed E-state index contributed by atoms with van der Waals surface area (Å²) in [5.41, 5.74) is 3.39. The van der Waals surface area contributed by atoms with Gasteiger partial charge in [0.05, 0.1) is 6.42 Å². The maximum absolute atomic E-state index is 14.9. The minimum absolute atomic E-state index is 0. The summed E-state index contributed by atoms with van der Waals surface area (Å²) < 4.78 is 33.9. The van der Waals surface area contributed by atoms with E-state index in [1.807, 2.05) is 24.3 Å². The molecule has 0 saturated carbocycles. The van der Waals surface area contributed by atoms with Crippen LogP contribution < -0.4 is 25.6 Å². The molecule has 0 bridgehead atoms. The Bertz CT molecular complexity index is 1510. The van der Waals surface area contributed by atoms with E-state index in [4.69, 9.17) is 4.74 Å². The van der Waals surface area contributed by atoms with Crippen LogP contribution in [0.15, 0.2) is 85.2 Å². The van der Waals surface area contributed by atoms with E-state index in [2.05, 4.69) is 25.8 Å². The molecule has 1 aromatic heterocycles. The predicted molar refractivity (Wildman–Crippen MR) is 170 cm³/mol. The molecule has 3 amide bonds. The number of rotatable bonds is 7. The van der Waals surface area contributed by atoms with E-state index in [-0.39, 0.29) is 55.1 Å². The van der Waals surface area contributed by atoms with E-state index in [0.29, 0.717) is 16.9 Å². The fraction of sp³-hybridized carbons (Fsp3) is 0.167. The number of hydrogen-bond donors (Lipinski definition) is 3. The van der Waals surface area contributed by atoms with E-state index in [0.717, 1.165) is 43.5 Å². The molecular weight excluding hydrogens is 623 g/mol. The average Bonchev–Trinajstić information content (AvgIpc) is 2.96. The van der Waals surface area contributed by atoms with Gasteiger partial charge in [0.25, 0.3) is 0 Å². The molecule has 0 unspecified atom stereocenters. The number of hydrogen-bond acceptors (Lipinski definition) is 6. The van der Waals surface area contributed by atoms with Crippen LogP contribution in [-0.4, -0.2) is 43.1 Å². The van der Waals surface area contributed by atoms with E-state index in [1.54, 1.807) is 18.5 Å². The standard InChI is InChI=1S/C30H27F2N5O3.3ClH/c31-22-5-1-20(2-6-22)17-29(38)36-30(39)35-23-7-10-28(26(32)18-23)40-27-11-12-34-19-25(27)21-3-8-24(9-4-21)37-15-13-33-14-16-37;;;/h1-12,18-19,33H,13-17H2,(H2,35,36,38,39);3*1H. The fourth-order valence-corrected chi connectivity index (χ4v) is 4.36. The monoisotopic (exact) mass is 651 g/mol. The van der Waals surface area contributed by atoms with Crippen molar-refractivity contribution < 1.29 is 23.1 Å². The second kappa shape index (κ2) is 16.6. The molecule has 228 valence electrons. The second-order valence-corrected chi connectivity index (χ2v) is 9.21. The van der Waals surface area contributed by atoms with Crippen molar-refractivity contribution in [1.29, 1.82) is 0 Å². The first-order valence-electron chi connectivity index (χ1n) is 12.8. The number of nitrogens with zero attached hydrogens (tertiary/aromatic N) is 2. The Labute approximate surface area is 266 Å². The van der Waals surface area contributed by atoms with Crippen molar-refractivity contribution in [1.82, 2.24) is 15.6 Å². The SMILES string of the molecule is Cl.Cl.Cl.O=C(Cc1ccc(F)cc1)NC(=O)Nc1ccc(Oc2ccncc2-c2ccc(N3CCNCC3)cc2)c(F)c1. The highest BCUT2D eigenvalue weighted by molar-refractivity contribution is 6.01. The molecule has 0 spiro atoms. The van der Waals surface area contributed by atoms with Crippen LogP contribution in [0.4, 0.5) is 25.0 Å². The number of carbonyl (C=O) groups excluding carboxylic acids is 2. The van der Waals surface area contributed by atoms with Gasteiger partial charge in [-0.25, -0.2) is 13.6 Å². The van der Waals surface area contributed by atoms with Crippen molar-refractivity contribution in [2.45, 2.75) is 6.42 Å². The molecule has 3 N–H and O–H groups in total. The number of anilines is 2. The number of pyridine rings is 1. The summed E-state index contributed by atoms with van der Waals surface area (Å²) in [7, 11) is 0. The first-order chi connectivity index (χ1) is 19.4. The van der Waals surface area contributed by atoms with Crippen LogP contribution in [0.25, 0.3) is 11.1 Å². The summed E-state index contributed by atoms with van der Waals surface area (Å²) in [5.74, 6) is -1.32. The Morgan fingerprint density at radius 3 is 2.26 bits per heavy atom. The molecule has 0 aliphatic carbocycles. The first kappa shape index (κ1) is 35.2. The summed E-state index contributed by atoms with van der Waals surface area (Å²) >= 11 is 0. The van der Waals surface area contributed by atoms with Crippen molar-refractivity contribution in [3.63, 3.8) is 0 Å².